The van der Waals surface area contributed by atoms with Gasteiger partial charge in [-0.3, -0.25) is 14.8 Å². The molecule has 0 saturated carbocycles. The van der Waals surface area contributed by atoms with Gasteiger partial charge in [-0.2, -0.15) is 18.3 Å². The third-order valence-corrected chi connectivity index (χ3v) is 2.56. The van der Waals surface area contributed by atoms with Gasteiger partial charge in [-0.25, -0.2) is 0 Å². The van der Waals surface area contributed by atoms with E-state index in [1.54, 1.807) is 0 Å². The standard InChI is InChI=1S/C11H17F3N4O/c1-7(2)16-10(3,9(15)19)6-18-5-4-8(17-18)11(12,13)14/h4-5,7,16H,6H2,1-3H3,(H2,15,19). The van der Waals surface area contributed by atoms with Crippen LogP contribution in [0.2, 0.25) is 0 Å². The van der Waals surface area contributed by atoms with Crippen molar-refractivity contribution in [2.45, 2.75) is 45.1 Å². The van der Waals surface area contributed by atoms with E-state index in [-0.39, 0.29) is 12.6 Å². The number of nitrogens with two attached hydrogens (primary N) is 1. The Morgan fingerprint density at radius 2 is 2.11 bits per heavy atom. The van der Waals surface area contributed by atoms with Crippen molar-refractivity contribution in [1.82, 2.24) is 15.1 Å². The van der Waals surface area contributed by atoms with Gasteiger partial charge >= 0.3 is 6.18 Å². The van der Waals surface area contributed by atoms with Gasteiger partial charge in [-0.05, 0) is 26.8 Å². The van der Waals surface area contributed by atoms with E-state index in [1.165, 1.54) is 13.1 Å². The molecule has 1 rings (SSSR count). The topological polar surface area (TPSA) is 72.9 Å². The maximum Gasteiger partial charge on any atom is 0.435 e. The molecule has 3 N–H and O–H groups in total. The highest BCUT2D eigenvalue weighted by molar-refractivity contribution is 5.84. The van der Waals surface area contributed by atoms with E-state index in [2.05, 4.69) is 10.4 Å². The van der Waals surface area contributed by atoms with Gasteiger partial charge < -0.3 is 5.73 Å². The first-order chi connectivity index (χ1) is 8.54. The second kappa shape index (κ2) is 5.20. The molecule has 1 aromatic heterocycles. The molecule has 108 valence electrons. The van der Waals surface area contributed by atoms with E-state index in [4.69, 9.17) is 5.73 Å². The molecule has 1 aromatic rings. The molecule has 5 nitrogen and oxygen atoms in total. The Balaban J connectivity index is 2.92. The smallest absolute Gasteiger partial charge is 0.368 e. The molecule has 0 fully saturated rings. The van der Waals surface area contributed by atoms with Gasteiger partial charge in [0, 0.05) is 12.2 Å². The number of hydrogen-bond acceptors (Lipinski definition) is 3. The van der Waals surface area contributed by atoms with Crippen LogP contribution >= 0.6 is 0 Å². The van der Waals surface area contributed by atoms with Crippen molar-refractivity contribution < 1.29 is 18.0 Å². The zero-order valence-corrected chi connectivity index (χ0v) is 11.0. The lowest BCUT2D eigenvalue weighted by atomic mass is 10.0. The Labute approximate surface area is 109 Å². The molecule has 0 spiro atoms. The van der Waals surface area contributed by atoms with Crippen LogP contribution in [-0.4, -0.2) is 27.3 Å². The van der Waals surface area contributed by atoms with Gasteiger partial charge in [0.05, 0.1) is 6.54 Å². The zero-order chi connectivity index (χ0) is 14.8. The van der Waals surface area contributed by atoms with Crippen LogP contribution in [-0.2, 0) is 17.5 Å². The number of halogens is 3. The molecule has 1 amide bonds. The third-order valence-electron chi connectivity index (χ3n) is 2.56. The predicted octanol–water partition coefficient (Wildman–Crippen LogP) is 1.14. The summed E-state index contributed by atoms with van der Waals surface area (Å²) in [6.45, 7) is 5.08. The van der Waals surface area contributed by atoms with Gasteiger partial charge in [0.2, 0.25) is 5.91 Å². The Morgan fingerprint density at radius 1 is 1.53 bits per heavy atom. The molecule has 0 aliphatic heterocycles. The van der Waals surface area contributed by atoms with Crippen LogP contribution in [0.3, 0.4) is 0 Å². The minimum atomic E-state index is -4.50. The summed E-state index contributed by atoms with van der Waals surface area (Å²) in [5, 5.41) is 6.34. The van der Waals surface area contributed by atoms with Crippen LogP contribution in [0.1, 0.15) is 26.5 Å². The summed E-state index contributed by atoms with van der Waals surface area (Å²) in [5.74, 6) is -0.648. The highest BCUT2D eigenvalue weighted by Crippen LogP contribution is 2.27. The van der Waals surface area contributed by atoms with Crippen molar-refractivity contribution in [1.29, 1.82) is 0 Å². The van der Waals surface area contributed by atoms with E-state index in [0.717, 1.165) is 10.7 Å². The van der Waals surface area contributed by atoms with Gasteiger partial charge in [-0.15, -0.1) is 0 Å². The monoisotopic (exact) mass is 278 g/mol. The minimum Gasteiger partial charge on any atom is -0.368 e. The molecule has 0 aliphatic carbocycles. The Morgan fingerprint density at radius 3 is 2.47 bits per heavy atom. The normalized spacial score (nSPS) is 15.5. The molecule has 1 heterocycles. The fourth-order valence-corrected chi connectivity index (χ4v) is 1.76. The molecule has 0 aliphatic rings. The van der Waals surface area contributed by atoms with Gasteiger partial charge in [0.25, 0.3) is 0 Å². The number of hydrogen-bond donors (Lipinski definition) is 2. The number of rotatable bonds is 5. The molecular formula is C11H17F3N4O. The molecule has 0 radical (unpaired) electrons. The number of nitrogens with zero attached hydrogens (tertiary/aromatic N) is 2. The Hall–Kier alpha value is -1.57. The van der Waals surface area contributed by atoms with Gasteiger partial charge in [-0.1, -0.05) is 0 Å². The molecule has 0 saturated heterocycles. The van der Waals surface area contributed by atoms with Crippen molar-refractivity contribution in [3.63, 3.8) is 0 Å². The lowest BCUT2D eigenvalue weighted by Gasteiger charge is -2.29. The quantitative estimate of drug-likeness (QED) is 0.848. The largest absolute Gasteiger partial charge is 0.435 e. The van der Waals surface area contributed by atoms with E-state index in [9.17, 15) is 18.0 Å². The second-order valence-electron chi connectivity index (χ2n) is 4.89. The number of nitrogens with one attached hydrogen (secondary N) is 1. The fraction of sp³-hybridized carbons (Fsp3) is 0.636. The van der Waals surface area contributed by atoms with Crippen molar-refractivity contribution in [3.05, 3.63) is 18.0 Å². The molecular weight excluding hydrogens is 261 g/mol. The fourth-order valence-electron chi connectivity index (χ4n) is 1.76. The summed E-state index contributed by atoms with van der Waals surface area (Å²) < 4.78 is 38.3. The zero-order valence-electron chi connectivity index (χ0n) is 11.0. The summed E-state index contributed by atoms with van der Waals surface area (Å²) in [7, 11) is 0. The molecule has 19 heavy (non-hydrogen) atoms. The number of aromatic nitrogens is 2. The van der Waals surface area contributed by atoms with E-state index in [1.807, 2.05) is 13.8 Å². The van der Waals surface area contributed by atoms with Crippen LogP contribution in [0.5, 0.6) is 0 Å². The van der Waals surface area contributed by atoms with Crippen LogP contribution in [0.4, 0.5) is 13.2 Å². The minimum absolute atomic E-state index is 0.0462. The van der Waals surface area contributed by atoms with Gasteiger partial charge in [0.1, 0.15) is 5.54 Å². The van der Waals surface area contributed by atoms with Crippen LogP contribution in [0.15, 0.2) is 12.3 Å². The lowest BCUT2D eigenvalue weighted by Crippen LogP contribution is -2.58. The van der Waals surface area contributed by atoms with Crippen molar-refractivity contribution >= 4 is 5.91 Å². The first-order valence-corrected chi connectivity index (χ1v) is 5.73. The van der Waals surface area contributed by atoms with E-state index >= 15 is 0 Å². The lowest BCUT2D eigenvalue weighted by molar-refractivity contribution is -0.141. The number of carbonyl (C=O) groups excluding carboxylic acids is 1. The molecule has 1 atom stereocenters. The van der Waals surface area contributed by atoms with Crippen molar-refractivity contribution in [2.24, 2.45) is 5.73 Å². The van der Waals surface area contributed by atoms with Crippen LogP contribution < -0.4 is 11.1 Å². The van der Waals surface area contributed by atoms with Crippen molar-refractivity contribution in [2.75, 3.05) is 0 Å². The SMILES string of the molecule is CC(C)NC(C)(Cn1ccc(C(F)(F)F)n1)C(N)=O. The molecule has 8 heteroatoms. The predicted molar refractivity (Wildman–Crippen MR) is 63.1 cm³/mol. The Bertz CT molecular complexity index is 455. The average molecular weight is 278 g/mol. The van der Waals surface area contributed by atoms with Crippen LogP contribution in [0, 0.1) is 0 Å². The van der Waals surface area contributed by atoms with Crippen molar-refractivity contribution in [3.8, 4) is 0 Å². The van der Waals surface area contributed by atoms with Crippen LogP contribution in [0.25, 0.3) is 0 Å². The Kier molecular flexibility index (Phi) is 4.24. The molecule has 0 bridgehead atoms. The third kappa shape index (κ3) is 3.95. The first-order valence-electron chi connectivity index (χ1n) is 5.73. The summed E-state index contributed by atoms with van der Waals surface area (Å²) >= 11 is 0. The summed E-state index contributed by atoms with van der Waals surface area (Å²) in [4.78, 5) is 11.5. The summed E-state index contributed by atoms with van der Waals surface area (Å²) in [6, 6.07) is 0.812. The number of alkyl halides is 3. The van der Waals surface area contributed by atoms with E-state index < -0.39 is 23.3 Å². The second-order valence-corrected chi connectivity index (χ2v) is 4.89. The molecule has 1 unspecified atom stereocenters. The highest BCUT2D eigenvalue weighted by atomic mass is 19.4. The summed E-state index contributed by atoms with van der Waals surface area (Å²) in [6.07, 6.45) is -3.33. The van der Waals surface area contributed by atoms with E-state index in [0.29, 0.717) is 0 Å². The number of primary amides is 1. The maximum atomic E-state index is 12.4. The van der Waals surface area contributed by atoms with Gasteiger partial charge in [0.15, 0.2) is 5.69 Å². The number of amides is 1. The average Bonchev–Trinajstić information content (AvgIpc) is 2.63. The maximum absolute atomic E-state index is 12.4. The number of carbonyl (C=O) groups is 1. The molecule has 0 aromatic carbocycles. The highest BCUT2D eigenvalue weighted by Gasteiger charge is 2.36. The summed E-state index contributed by atoms with van der Waals surface area (Å²) in [5.41, 5.74) is 3.13. The first kappa shape index (κ1) is 15.5.